The number of carbonyl (C=O) groups excluding carboxylic acids is 1. The SMILES string of the molecule is Cl.NC(N)=NC(=O)c1cnn(-c2cccc3ncccc23)c1C1CCC1. The van der Waals surface area contributed by atoms with Crippen LogP contribution >= 0.6 is 12.4 Å². The van der Waals surface area contributed by atoms with Gasteiger partial charge in [0.1, 0.15) is 0 Å². The third-order valence-corrected chi connectivity index (χ3v) is 4.61. The Morgan fingerprint density at radius 3 is 2.69 bits per heavy atom. The standard InChI is InChI=1S/C18H18N6O.ClH/c19-18(20)23-17(25)13-10-22-24(16(13)11-4-1-5-11)15-8-2-7-14-12(15)6-3-9-21-14;/h2-3,6-11H,1,4-5H2,(H4,19,20,23,25);1H. The summed E-state index contributed by atoms with van der Waals surface area (Å²) in [6.45, 7) is 0. The quantitative estimate of drug-likeness (QED) is 0.543. The van der Waals surface area contributed by atoms with Crippen LogP contribution in [0.15, 0.2) is 47.7 Å². The zero-order chi connectivity index (χ0) is 17.4. The molecule has 1 aliphatic rings. The lowest BCUT2D eigenvalue weighted by Gasteiger charge is -2.27. The molecular weight excluding hydrogens is 352 g/mol. The van der Waals surface area contributed by atoms with Crippen molar-refractivity contribution in [2.75, 3.05) is 0 Å². The van der Waals surface area contributed by atoms with Gasteiger partial charge in [-0.2, -0.15) is 10.1 Å². The van der Waals surface area contributed by atoms with Crippen LogP contribution in [0, 0.1) is 0 Å². The van der Waals surface area contributed by atoms with Gasteiger partial charge in [0.2, 0.25) is 0 Å². The topological polar surface area (TPSA) is 112 Å². The van der Waals surface area contributed by atoms with Crippen molar-refractivity contribution in [2.45, 2.75) is 25.2 Å². The van der Waals surface area contributed by atoms with E-state index in [9.17, 15) is 4.79 Å². The number of halogens is 1. The Kier molecular flexibility index (Phi) is 4.90. The second-order valence-electron chi connectivity index (χ2n) is 6.17. The number of nitrogens with two attached hydrogens (primary N) is 2. The maximum Gasteiger partial charge on any atom is 0.283 e. The first kappa shape index (κ1) is 17.9. The summed E-state index contributed by atoms with van der Waals surface area (Å²) in [5.74, 6) is -0.416. The second kappa shape index (κ2) is 7.13. The summed E-state index contributed by atoms with van der Waals surface area (Å²) in [4.78, 5) is 20.5. The summed E-state index contributed by atoms with van der Waals surface area (Å²) >= 11 is 0. The van der Waals surface area contributed by atoms with Gasteiger partial charge < -0.3 is 11.5 Å². The molecule has 2 aromatic heterocycles. The molecular formula is C18H19ClN6O. The van der Waals surface area contributed by atoms with Crippen LogP contribution in [0.3, 0.4) is 0 Å². The van der Waals surface area contributed by atoms with Gasteiger partial charge >= 0.3 is 0 Å². The lowest BCUT2D eigenvalue weighted by molar-refractivity contribution is 0.100. The van der Waals surface area contributed by atoms with Crippen molar-refractivity contribution in [3.63, 3.8) is 0 Å². The van der Waals surface area contributed by atoms with Crippen LogP contribution in [0.1, 0.15) is 41.2 Å². The van der Waals surface area contributed by atoms with E-state index >= 15 is 0 Å². The molecule has 4 N–H and O–H groups in total. The first-order chi connectivity index (χ1) is 12.1. The van der Waals surface area contributed by atoms with Crippen LogP contribution in [0.4, 0.5) is 0 Å². The summed E-state index contributed by atoms with van der Waals surface area (Å²) in [7, 11) is 0. The Bertz CT molecular complexity index is 983. The highest BCUT2D eigenvalue weighted by Crippen LogP contribution is 2.39. The van der Waals surface area contributed by atoms with Gasteiger partial charge in [-0.1, -0.05) is 12.5 Å². The Balaban J connectivity index is 0.00000196. The molecule has 0 radical (unpaired) electrons. The Hall–Kier alpha value is -2.93. The van der Waals surface area contributed by atoms with Gasteiger partial charge in [0.25, 0.3) is 5.91 Å². The van der Waals surface area contributed by atoms with E-state index < -0.39 is 5.91 Å². The number of carbonyl (C=O) groups is 1. The number of fused-ring (bicyclic) bond motifs is 1. The minimum atomic E-state index is -0.452. The molecule has 1 amide bonds. The van der Waals surface area contributed by atoms with Crippen molar-refractivity contribution in [3.05, 3.63) is 54.0 Å². The average molecular weight is 371 g/mol. The van der Waals surface area contributed by atoms with E-state index in [2.05, 4.69) is 15.1 Å². The first-order valence-corrected chi connectivity index (χ1v) is 8.21. The molecule has 2 heterocycles. The Morgan fingerprint density at radius 2 is 2.00 bits per heavy atom. The van der Waals surface area contributed by atoms with E-state index in [0.717, 1.165) is 41.5 Å². The van der Waals surface area contributed by atoms with Crippen LogP contribution < -0.4 is 11.5 Å². The molecule has 1 aromatic carbocycles. The molecule has 0 bridgehead atoms. The zero-order valence-electron chi connectivity index (χ0n) is 14.0. The van der Waals surface area contributed by atoms with Gasteiger partial charge in [0.05, 0.1) is 28.7 Å². The third kappa shape index (κ3) is 3.01. The summed E-state index contributed by atoms with van der Waals surface area (Å²) in [6, 6.07) is 9.77. The van der Waals surface area contributed by atoms with Crippen LogP contribution in [-0.2, 0) is 0 Å². The number of amides is 1. The number of benzene rings is 1. The fourth-order valence-corrected chi connectivity index (χ4v) is 3.24. The van der Waals surface area contributed by atoms with Crippen LogP contribution in [-0.4, -0.2) is 26.6 Å². The number of hydrogen-bond acceptors (Lipinski definition) is 3. The lowest BCUT2D eigenvalue weighted by atomic mass is 9.81. The average Bonchev–Trinajstić information content (AvgIpc) is 2.96. The maximum absolute atomic E-state index is 12.4. The summed E-state index contributed by atoms with van der Waals surface area (Å²) in [5.41, 5.74) is 13.8. The van der Waals surface area contributed by atoms with Gasteiger partial charge in [-0.15, -0.1) is 12.4 Å². The normalized spacial score (nSPS) is 13.7. The van der Waals surface area contributed by atoms with Crippen LogP contribution in [0.2, 0.25) is 0 Å². The summed E-state index contributed by atoms with van der Waals surface area (Å²) in [6.07, 6.45) is 6.50. The lowest BCUT2D eigenvalue weighted by Crippen LogP contribution is -2.25. The van der Waals surface area contributed by atoms with Crippen molar-refractivity contribution < 1.29 is 4.79 Å². The molecule has 1 aliphatic carbocycles. The molecule has 0 aliphatic heterocycles. The van der Waals surface area contributed by atoms with E-state index in [0.29, 0.717) is 5.56 Å². The van der Waals surface area contributed by atoms with Crippen LogP contribution in [0.5, 0.6) is 0 Å². The number of aromatic nitrogens is 3. The smallest absolute Gasteiger partial charge is 0.283 e. The van der Waals surface area contributed by atoms with Crippen molar-refractivity contribution in [3.8, 4) is 5.69 Å². The number of aliphatic imine (C=N–C) groups is 1. The molecule has 0 unspecified atom stereocenters. The van der Waals surface area contributed by atoms with E-state index in [1.165, 1.54) is 0 Å². The number of nitrogens with zero attached hydrogens (tertiary/aromatic N) is 4. The minimum Gasteiger partial charge on any atom is -0.370 e. The highest BCUT2D eigenvalue weighted by Gasteiger charge is 2.30. The third-order valence-electron chi connectivity index (χ3n) is 4.61. The molecule has 0 spiro atoms. The molecule has 1 fully saturated rings. The van der Waals surface area contributed by atoms with Crippen molar-refractivity contribution in [1.29, 1.82) is 0 Å². The van der Waals surface area contributed by atoms with Crippen molar-refractivity contribution >= 4 is 35.2 Å². The van der Waals surface area contributed by atoms with E-state index in [1.54, 1.807) is 12.4 Å². The zero-order valence-corrected chi connectivity index (χ0v) is 14.8. The Labute approximate surface area is 156 Å². The molecule has 7 nitrogen and oxygen atoms in total. The predicted molar refractivity (Wildman–Crippen MR) is 103 cm³/mol. The largest absolute Gasteiger partial charge is 0.370 e. The molecule has 8 heteroatoms. The molecule has 4 rings (SSSR count). The highest BCUT2D eigenvalue weighted by molar-refractivity contribution is 6.02. The van der Waals surface area contributed by atoms with Crippen molar-refractivity contribution in [2.24, 2.45) is 16.5 Å². The minimum absolute atomic E-state index is 0. The van der Waals surface area contributed by atoms with Crippen molar-refractivity contribution in [1.82, 2.24) is 14.8 Å². The fourth-order valence-electron chi connectivity index (χ4n) is 3.24. The van der Waals surface area contributed by atoms with E-state index in [4.69, 9.17) is 11.5 Å². The molecule has 3 aromatic rings. The van der Waals surface area contributed by atoms with Gasteiger partial charge in [-0.3, -0.25) is 9.78 Å². The number of pyridine rings is 1. The van der Waals surface area contributed by atoms with Gasteiger partial charge in [0.15, 0.2) is 5.96 Å². The summed E-state index contributed by atoms with van der Waals surface area (Å²) < 4.78 is 1.84. The van der Waals surface area contributed by atoms with Gasteiger partial charge in [-0.25, -0.2) is 4.68 Å². The fraction of sp³-hybridized carbons (Fsp3) is 0.222. The second-order valence-corrected chi connectivity index (χ2v) is 6.17. The number of guanidine groups is 1. The number of hydrogen-bond donors (Lipinski definition) is 2. The maximum atomic E-state index is 12.4. The monoisotopic (exact) mass is 370 g/mol. The van der Waals surface area contributed by atoms with Gasteiger partial charge in [-0.05, 0) is 37.1 Å². The Morgan fingerprint density at radius 1 is 1.19 bits per heavy atom. The molecule has 0 atom stereocenters. The molecule has 0 saturated heterocycles. The number of rotatable bonds is 3. The van der Waals surface area contributed by atoms with E-state index in [-0.39, 0.29) is 24.3 Å². The predicted octanol–water partition coefficient (Wildman–Crippen LogP) is 2.52. The van der Waals surface area contributed by atoms with E-state index in [1.807, 2.05) is 35.0 Å². The highest BCUT2D eigenvalue weighted by atomic mass is 35.5. The molecule has 26 heavy (non-hydrogen) atoms. The molecule has 134 valence electrons. The molecule has 1 saturated carbocycles. The first-order valence-electron chi connectivity index (χ1n) is 8.21. The summed E-state index contributed by atoms with van der Waals surface area (Å²) in [5, 5.41) is 5.47. The van der Waals surface area contributed by atoms with Gasteiger partial charge in [0, 0.05) is 17.5 Å². The van der Waals surface area contributed by atoms with Crippen LogP contribution in [0.25, 0.3) is 16.6 Å².